The number of hydrogen-bond donors (Lipinski definition) is 1. The molecule has 1 N–H and O–H groups in total. The smallest absolute Gasteiger partial charge is 0.231 e. The number of rotatable bonds is 7. The molecule has 0 bridgehead atoms. The van der Waals surface area contributed by atoms with Crippen molar-refractivity contribution in [1.29, 1.82) is 0 Å². The first kappa shape index (κ1) is 21.7. The van der Waals surface area contributed by atoms with Gasteiger partial charge in [-0.05, 0) is 29.8 Å². The third-order valence-electron chi connectivity index (χ3n) is 4.80. The Hall–Kier alpha value is -3.50. The van der Waals surface area contributed by atoms with Gasteiger partial charge in [0.05, 0.1) is 35.9 Å². The standard InChI is InChI=1S/C22H21N5O3S2/c1-26(32(2,29)30)18-10-8-17(9-11-18)20-15-31-22(24-20)25-21(28)12-16-13-23-27(14-16)19-6-4-3-5-7-19/h3-11,13-15H,12H2,1-2H3,(H,24,25,28). The van der Waals surface area contributed by atoms with Crippen LogP contribution in [-0.2, 0) is 21.2 Å². The van der Waals surface area contributed by atoms with Gasteiger partial charge < -0.3 is 5.32 Å². The second kappa shape index (κ2) is 8.93. The van der Waals surface area contributed by atoms with E-state index >= 15 is 0 Å². The highest BCUT2D eigenvalue weighted by atomic mass is 32.2. The van der Waals surface area contributed by atoms with Gasteiger partial charge in [-0.2, -0.15) is 5.10 Å². The number of carbonyl (C=O) groups excluding carboxylic acids is 1. The third-order valence-corrected chi connectivity index (χ3v) is 6.76. The quantitative estimate of drug-likeness (QED) is 0.448. The van der Waals surface area contributed by atoms with E-state index in [-0.39, 0.29) is 12.3 Å². The number of nitrogens with one attached hydrogen (secondary N) is 1. The Labute approximate surface area is 190 Å². The number of carbonyl (C=O) groups is 1. The van der Waals surface area contributed by atoms with Gasteiger partial charge >= 0.3 is 0 Å². The average molecular weight is 468 g/mol. The van der Waals surface area contributed by atoms with Gasteiger partial charge in [-0.1, -0.05) is 30.3 Å². The van der Waals surface area contributed by atoms with Gasteiger partial charge in [0.2, 0.25) is 15.9 Å². The Morgan fingerprint density at radius 1 is 1.12 bits per heavy atom. The zero-order valence-corrected chi connectivity index (χ0v) is 19.1. The largest absolute Gasteiger partial charge is 0.302 e. The Balaban J connectivity index is 1.39. The normalized spacial score (nSPS) is 11.3. The van der Waals surface area contributed by atoms with Crippen molar-refractivity contribution in [3.05, 3.63) is 77.9 Å². The maximum absolute atomic E-state index is 12.4. The van der Waals surface area contributed by atoms with Gasteiger partial charge in [0.25, 0.3) is 0 Å². The van der Waals surface area contributed by atoms with Crippen molar-refractivity contribution >= 4 is 38.1 Å². The van der Waals surface area contributed by atoms with Crippen molar-refractivity contribution in [2.24, 2.45) is 0 Å². The monoisotopic (exact) mass is 467 g/mol. The summed E-state index contributed by atoms with van der Waals surface area (Å²) in [5, 5.41) is 9.47. The van der Waals surface area contributed by atoms with Crippen molar-refractivity contribution < 1.29 is 13.2 Å². The molecule has 164 valence electrons. The molecule has 0 aliphatic rings. The Morgan fingerprint density at radius 2 is 1.84 bits per heavy atom. The lowest BCUT2D eigenvalue weighted by Gasteiger charge is -2.16. The van der Waals surface area contributed by atoms with Crippen LogP contribution in [0.3, 0.4) is 0 Å². The predicted molar refractivity (Wildman–Crippen MR) is 127 cm³/mol. The van der Waals surface area contributed by atoms with Crippen LogP contribution < -0.4 is 9.62 Å². The van der Waals surface area contributed by atoms with Crippen LogP contribution in [0.4, 0.5) is 10.8 Å². The molecule has 32 heavy (non-hydrogen) atoms. The number of anilines is 2. The van der Waals surface area contributed by atoms with Gasteiger partial charge in [0.1, 0.15) is 0 Å². The van der Waals surface area contributed by atoms with Gasteiger partial charge in [-0.3, -0.25) is 9.10 Å². The molecule has 0 saturated carbocycles. The maximum Gasteiger partial charge on any atom is 0.231 e. The van der Waals surface area contributed by atoms with Gasteiger partial charge in [0, 0.05) is 24.2 Å². The van der Waals surface area contributed by atoms with Crippen LogP contribution in [0, 0.1) is 0 Å². The van der Waals surface area contributed by atoms with Crippen molar-refractivity contribution in [2.75, 3.05) is 22.9 Å². The molecule has 0 spiro atoms. The summed E-state index contributed by atoms with van der Waals surface area (Å²) in [6.45, 7) is 0. The molecule has 4 rings (SSSR count). The zero-order valence-electron chi connectivity index (χ0n) is 17.5. The van der Waals surface area contributed by atoms with E-state index < -0.39 is 10.0 Å². The number of thiazole rings is 1. The van der Waals surface area contributed by atoms with Crippen LogP contribution in [0.25, 0.3) is 16.9 Å². The van der Waals surface area contributed by atoms with E-state index in [2.05, 4.69) is 15.4 Å². The van der Waals surface area contributed by atoms with E-state index in [1.165, 1.54) is 22.7 Å². The maximum atomic E-state index is 12.4. The zero-order chi connectivity index (χ0) is 22.7. The minimum absolute atomic E-state index is 0.177. The van der Waals surface area contributed by atoms with Crippen molar-refractivity contribution in [2.45, 2.75) is 6.42 Å². The molecule has 2 aromatic carbocycles. The second-order valence-corrected chi connectivity index (χ2v) is 10.0. The fourth-order valence-electron chi connectivity index (χ4n) is 3.02. The second-order valence-electron chi connectivity index (χ2n) is 7.17. The molecular weight excluding hydrogens is 446 g/mol. The van der Waals surface area contributed by atoms with Crippen molar-refractivity contribution in [1.82, 2.24) is 14.8 Å². The summed E-state index contributed by atoms with van der Waals surface area (Å²) in [4.78, 5) is 16.9. The van der Waals surface area contributed by atoms with Crippen LogP contribution in [0.15, 0.2) is 72.4 Å². The molecule has 8 nitrogen and oxygen atoms in total. The topological polar surface area (TPSA) is 97.2 Å². The molecule has 2 aromatic heterocycles. The number of nitrogens with zero attached hydrogens (tertiary/aromatic N) is 4. The van der Waals surface area contributed by atoms with E-state index in [4.69, 9.17) is 0 Å². The molecular formula is C22H21N5O3S2. The minimum Gasteiger partial charge on any atom is -0.302 e. The first-order valence-corrected chi connectivity index (χ1v) is 12.4. The molecule has 0 saturated heterocycles. The molecule has 0 aliphatic carbocycles. The highest BCUT2D eigenvalue weighted by molar-refractivity contribution is 7.92. The summed E-state index contributed by atoms with van der Waals surface area (Å²) in [5.74, 6) is -0.177. The van der Waals surface area contributed by atoms with E-state index in [0.717, 1.165) is 23.1 Å². The summed E-state index contributed by atoms with van der Waals surface area (Å²) in [6, 6.07) is 16.7. The van der Waals surface area contributed by atoms with E-state index in [1.807, 2.05) is 41.9 Å². The molecule has 0 unspecified atom stereocenters. The summed E-state index contributed by atoms with van der Waals surface area (Å²) in [5.41, 5.74) is 3.83. The average Bonchev–Trinajstić information content (AvgIpc) is 3.43. The highest BCUT2D eigenvalue weighted by Crippen LogP contribution is 2.27. The first-order valence-electron chi connectivity index (χ1n) is 9.68. The SMILES string of the molecule is CN(c1ccc(-c2csc(NC(=O)Cc3cnn(-c4ccccc4)c3)n2)cc1)S(C)(=O)=O. The molecule has 0 aliphatic heterocycles. The molecule has 4 aromatic rings. The first-order chi connectivity index (χ1) is 15.3. The van der Waals surface area contributed by atoms with Crippen LogP contribution in [-0.4, -0.2) is 42.4 Å². The summed E-state index contributed by atoms with van der Waals surface area (Å²) in [7, 11) is -1.81. The van der Waals surface area contributed by atoms with E-state index in [0.29, 0.717) is 16.5 Å². The molecule has 0 atom stereocenters. The van der Waals surface area contributed by atoms with Crippen molar-refractivity contribution in [3.63, 3.8) is 0 Å². The number of para-hydroxylation sites is 1. The summed E-state index contributed by atoms with van der Waals surface area (Å²) < 4.78 is 26.3. The number of aromatic nitrogens is 3. The fraction of sp³-hybridized carbons (Fsp3) is 0.136. The lowest BCUT2D eigenvalue weighted by atomic mass is 10.1. The Bertz CT molecular complexity index is 1330. The van der Waals surface area contributed by atoms with Gasteiger partial charge in [-0.15, -0.1) is 11.3 Å². The summed E-state index contributed by atoms with van der Waals surface area (Å²) >= 11 is 1.33. The van der Waals surface area contributed by atoms with E-state index in [9.17, 15) is 13.2 Å². The third kappa shape index (κ3) is 5.04. The lowest BCUT2D eigenvalue weighted by Crippen LogP contribution is -2.24. The minimum atomic E-state index is -3.32. The highest BCUT2D eigenvalue weighted by Gasteiger charge is 2.13. The molecule has 0 fully saturated rings. The Kier molecular flexibility index (Phi) is 6.06. The fourth-order valence-corrected chi connectivity index (χ4v) is 4.26. The van der Waals surface area contributed by atoms with Crippen LogP contribution in [0.5, 0.6) is 0 Å². The molecule has 10 heteroatoms. The van der Waals surface area contributed by atoms with Crippen molar-refractivity contribution in [3.8, 4) is 16.9 Å². The van der Waals surface area contributed by atoms with Crippen LogP contribution in [0.2, 0.25) is 0 Å². The predicted octanol–water partition coefficient (Wildman–Crippen LogP) is 3.57. The van der Waals surface area contributed by atoms with Gasteiger partial charge in [0.15, 0.2) is 5.13 Å². The summed E-state index contributed by atoms with van der Waals surface area (Å²) in [6.07, 6.45) is 4.85. The Morgan fingerprint density at radius 3 is 2.53 bits per heavy atom. The molecule has 1 amide bonds. The molecule has 2 heterocycles. The number of sulfonamides is 1. The molecule has 0 radical (unpaired) electrons. The van der Waals surface area contributed by atoms with E-state index in [1.54, 1.807) is 35.1 Å². The van der Waals surface area contributed by atoms with Crippen LogP contribution >= 0.6 is 11.3 Å². The lowest BCUT2D eigenvalue weighted by molar-refractivity contribution is -0.115. The number of benzene rings is 2. The van der Waals surface area contributed by atoms with Gasteiger partial charge in [-0.25, -0.2) is 18.1 Å². The number of amides is 1. The van der Waals surface area contributed by atoms with Crippen LogP contribution in [0.1, 0.15) is 5.56 Å². The number of hydrogen-bond acceptors (Lipinski definition) is 6.